The first-order valence-corrected chi connectivity index (χ1v) is 10.6. The molecule has 0 atom stereocenters. The van der Waals surface area contributed by atoms with Gasteiger partial charge in [-0.3, -0.25) is 9.59 Å². The molecular weight excluding hydrogens is 378 g/mol. The van der Waals surface area contributed by atoms with E-state index in [-0.39, 0.29) is 29.8 Å². The molecule has 148 valence electrons. The van der Waals surface area contributed by atoms with Gasteiger partial charge >= 0.3 is 0 Å². The Kier molecular flexibility index (Phi) is 6.11. The van der Waals surface area contributed by atoms with Crippen LogP contribution in [0.25, 0.3) is 0 Å². The van der Waals surface area contributed by atoms with Crippen molar-refractivity contribution in [3.05, 3.63) is 60.2 Å². The fourth-order valence-corrected chi connectivity index (χ4v) is 4.50. The molecule has 8 heteroatoms. The standard InChI is InChI=1S/C20H23N3O4S/c1-2-19(24)21-17-9-6-10-18(15-17)28(26,27)23-13-11-22(12-14-23)20(25)16-7-4-3-5-8-16/h3-10,15H,2,11-14H2,1H3,(H,21,24). The number of amides is 2. The summed E-state index contributed by atoms with van der Waals surface area (Å²) in [6, 6.07) is 15.2. The molecule has 0 bridgehead atoms. The van der Waals surface area contributed by atoms with Crippen LogP contribution in [0.3, 0.4) is 0 Å². The molecule has 1 fully saturated rings. The largest absolute Gasteiger partial charge is 0.336 e. The maximum absolute atomic E-state index is 13.0. The number of rotatable bonds is 5. The molecule has 0 aliphatic carbocycles. The average molecular weight is 401 g/mol. The van der Waals surface area contributed by atoms with E-state index in [1.807, 2.05) is 6.07 Å². The van der Waals surface area contributed by atoms with Gasteiger partial charge in [0.05, 0.1) is 4.90 Å². The van der Waals surface area contributed by atoms with E-state index in [0.717, 1.165) is 0 Å². The van der Waals surface area contributed by atoms with Gasteiger partial charge in [0.1, 0.15) is 0 Å². The van der Waals surface area contributed by atoms with Crippen LogP contribution in [0, 0.1) is 0 Å². The first kappa shape index (κ1) is 20.0. The van der Waals surface area contributed by atoms with Gasteiger partial charge < -0.3 is 10.2 Å². The predicted octanol–water partition coefficient (Wildman–Crippen LogP) is 2.18. The Morgan fingerprint density at radius 3 is 2.29 bits per heavy atom. The lowest BCUT2D eigenvalue weighted by atomic mass is 10.2. The minimum Gasteiger partial charge on any atom is -0.336 e. The zero-order valence-corrected chi connectivity index (χ0v) is 16.5. The van der Waals surface area contributed by atoms with E-state index in [4.69, 9.17) is 0 Å². The summed E-state index contributed by atoms with van der Waals surface area (Å²) in [5.74, 6) is -0.274. The summed E-state index contributed by atoms with van der Waals surface area (Å²) in [5, 5.41) is 2.67. The summed E-state index contributed by atoms with van der Waals surface area (Å²) < 4.78 is 27.3. The van der Waals surface area contributed by atoms with E-state index in [1.54, 1.807) is 48.2 Å². The van der Waals surface area contributed by atoms with Crippen LogP contribution in [-0.4, -0.2) is 55.6 Å². The van der Waals surface area contributed by atoms with Gasteiger partial charge in [-0.2, -0.15) is 4.31 Å². The third kappa shape index (κ3) is 4.40. The number of benzene rings is 2. The second-order valence-electron chi connectivity index (χ2n) is 6.49. The maximum atomic E-state index is 13.0. The lowest BCUT2D eigenvalue weighted by molar-refractivity contribution is -0.115. The van der Waals surface area contributed by atoms with Crippen LogP contribution < -0.4 is 5.32 Å². The fourth-order valence-electron chi connectivity index (χ4n) is 3.03. The van der Waals surface area contributed by atoms with Crippen molar-refractivity contribution in [2.24, 2.45) is 0 Å². The SMILES string of the molecule is CCC(=O)Nc1cccc(S(=O)(=O)N2CCN(C(=O)c3ccccc3)CC2)c1. The van der Waals surface area contributed by atoms with Crippen LogP contribution in [0.1, 0.15) is 23.7 Å². The second kappa shape index (κ2) is 8.53. The Hall–Kier alpha value is -2.71. The Labute approximate surface area is 165 Å². The summed E-state index contributed by atoms with van der Waals surface area (Å²) in [6.45, 7) is 2.85. The third-order valence-electron chi connectivity index (χ3n) is 4.62. The topological polar surface area (TPSA) is 86.8 Å². The van der Waals surface area contributed by atoms with Gasteiger partial charge in [-0.1, -0.05) is 31.2 Å². The number of hydrogen-bond donors (Lipinski definition) is 1. The highest BCUT2D eigenvalue weighted by Gasteiger charge is 2.30. The van der Waals surface area contributed by atoms with E-state index in [0.29, 0.717) is 30.8 Å². The number of nitrogens with zero attached hydrogens (tertiary/aromatic N) is 2. The lowest BCUT2D eigenvalue weighted by Crippen LogP contribution is -2.50. The molecule has 1 heterocycles. The number of nitrogens with one attached hydrogen (secondary N) is 1. The van der Waals surface area contributed by atoms with Crippen molar-refractivity contribution in [1.29, 1.82) is 0 Å². The number of carbonyl (C=O) groups is 2. The van der Waals surface area contributed by atoms with E-state index in [2.05, 4.69) is 5.32 Å². The molecule has 0 spiro atoms. The van der Waals surface area contributed by atoms with E-state index >= 15 is 0 Å². The molecule has 28 heavy (non-hydrogen) atoms. The molecule has 0 radical (unpaired) electrons. The molecule has 0 saturated carbocycles. The van der Waals surface area contributed by atoms with Crippen LogP contribution in [0.2, 0.25) is 0 Å². The van der Waals surface area contributed by atoms with Gasteiger partial charge in [-0.05, 0) is 30.3 Å². The Morgan fingerprint density at radius 1 is 0.964 bits per heavy atom. The van der Waals surface area contributed by atoms with E-state index in [1.165, 1.54) is 16.4 Å². The molecule has 3 rings (SSSR count). The van der Waals surface area contributed by atoms with Crippen LogP contribution in [-0.2, 0) is 14.8 Å². The van der Waals surface area contributed by atoms with Crippen LogP contribution in [0.15, 0.2) is 59.5 Å². The van der Waals surface area contributed by atoms with Crippen molar-refractivity contribution >= 4 is 27.5 Å². The number of sulfonamides is 1. The Bertz CT molecular complexity index is 952. The molecule has 0 unspecified atom stereocenters. The highest BCUT2D eigenvalue weighted by Crippen LogP contribution is 2.21. The van der Waals surface area contributed by atoms with Crippen molar-refractivity contribution in [2.45, 2.75) is 18.2 Å². The number of anilines is 1. The number of hydrogen-bond acceptors (Lipinski definition) is 4. The Balaban J connectivity index is 1.69. The maximum Gasteiger partial charge on any atom is 0.253 e. The highest BCUT2D eigenvalue weighted by atomic mass is 32.2. The summed E-state index contributed by atoms with van der Waals surface area (Å²) >= 11 is 0. The molecule has 2 amide bonds. The zero-order chi connectivity index (χ0) is 20.1. The van der Waals surface area contributed by atoms with Crippen LogP contribution in [0.5, 0.6) is 0 Å². The molecule has 0 aromatic heterocycles. The van der Waals surface area contributed by atoms with Crippen molar-refractivity contribution < 1.29 is 18.0 Å². The van der Waals surface area contributed by atoms with Crippen molar-refractivity contribution in [3.63, 3.8) is 0 Å². The highest BCUT2D eigenvalue weighted by molar-refractivity contribution is 7.89. The van der Waals surface area contributed by atoms with Gasteiger partial charge in [0, 0.05) is 43.9 Å². The first-order chi connectivity index (χ1) is 13.4. The molecule has 1 aliphatic heterocycles. The van der Waals surface area contributed by atoms with Gasteiger partial charge in [0.15, 0.2) is 0 Å². The molecule has 1 saturated heterocycles. The van der Waals surface area contributed by atoms with Crippen molar-refractivity contribution in [3.8, 4) is 0 Å². The number of carbonyl (C=O) groups excluding carboxylic acids is 2. The minimum absolute atomic E-state index is 0.0954. The molecule has 2 aromatic rings. The van der Waals surface area contributed by atoms with E-state index < -0.39 is 10.0 Å². The second-order valence-corrected chi connectivity index (χ2v) is 8.43. The smallest absolute Gasteiger partial charge is 0.253 e. The summed E-state index contributed by atoms with van der Waals surface area (Å²) in [6.07, 6.45) is 0.314. The summed E-state index contributed by atoms with van der Waals surface area (Å²) in [7, 11) is -3.70. The molecule has 1 aliphatic rings. The van der Waals surface area contributed by atoms with Gasteiger partial charge in [0.25, 0.3) is 5.91 Å². The van der Waals surface area contributed by atoms with Gasteiger partial charge in [-0.25, -0.2) is 8.42 Å². The van der Waals surface area contributed by atoms with Gasteiger partial charge in [-0.15, -0.1) is 0 Å². The summed E-state index contributed by atoms with van der Waals surface area (Å²) in [5.41, 5.74) is 1.05. The summed E-state index contributed by atoms with van der Waals surface area (Å²) in [4.78, 5) is 25.9. The quantitative estimate of drug-likeness (QED) is 0.832. The van der Waals surface area contributed by atoms with Crippen LogP contribution in [0.4, 0.5) is 5.69 Å². The fraction of sp³-hybridized carbons (Fsp3) is 0.300. The zero-order valence-electron chi connectivity index (χ0n) is 15.7. The number of piperazine rings is 1. The lowest BCUT2D eigenvalue weighted by Gasteiger charge is -2.34. The predicted molar refractivity (Wildman–Crippen MR) is 106 cm³/mol. The molecule has 1 N–H and O–H groups in total. The van der Waals surface area contributed by atoms with Crippen LogP contribution >= 0.6 is 0 Å². The third-order valence-corrected chi connectivity index (χ3v) is 6.52. The van der Waals surface area contributed by atoms with Crippen molar-refractivity contribution in [1.82, 2.24) is 9.21 Å². The molecular formula is C20H23N3O4S. The normalized spacial score (nSPS) is 15.2. The molecule has 7 nitrogen and oxygen atoms in total. The van der Waals surface area contributed by atoms with Gasteiger partial charge in [0.2, 0.25) is 15.9 Å². The average Bonchev–Trinajstić information content (AvgIpc) is 2.74. The Morgan fingerprint density at radius 2 is 1.64 bits per heavy atom. The minimum atomic E-state index is -3.70. The molecule has 2 aromatic carbocycles. The van der Waals surface area contributed by atoms with Crippen molar-refractivity contribution in [2.75, 3.05) is 31.5 Å². The van der Waals surface area contributed by atoms with E-state index in [9.17, 15) is 18.0 Å². The monoisotopic (exact) mass is 401 g/mol. The first-order valence-electron chi connectivity index (χ1n) is 9.16.